The number of nitrogens with zero attached hydrogens (tertiary/aromatic N) is 1. The van der Waals surface area contributed by atoms with Gasteiger partial charge in [-0.25, -0.2) is 24.0 Å². The number of hydrogen-bond acceptors (Lipinski definition) is 15. The van der Waals surface area contributed by atoms with Crippen LogP contribution >= 0.6 is 0 Å². The molecule has 1 aromatic heterocycles. The lowest BCUT2D eigenvalue weighted by Gasteiger charge is -2.20. The number of H-pyrrole nitrogens is 1. The van der Waals surface area contributed by atoms with Crippen LogP contribution in [0.4, 0.5) is 5.69 Å². The number of aromatic amines is 1. The highest BCUT2D eigenvalue weighted by Crippen LogP contribution is 2.36. The highest BCUT2D eigenvalue weighted by atomic mass is 16.6. The monoisotopic (exact) mass is 798 g/mol. The Balaban J connectivity index is 1.59. The van der Waals surface area contributed by atoms with Crippen molar-refractivity contribution in [3.63, 3.8) is 0 Å². The maximum Gasteiger partial charge on any atom is 0.354 e. The van der Waals surface area contributed by atoms with E-state index >= 15 is 0 Å². The smallest absolute Gasteiger partial charge is 0.354 e. The van der Waals surface area contributed by atoms with Gasteiger partial charge in [0.1, 0.15) is 5.75 Å². The summed E-state index contributed by atoms with van der Waals surface area (Å²) in [6, 6.07) is 4.71. The molecule has 2 aromatic rings. The first-order chi connectivity index (χ1) is 26.8. The first-order valence-electron chi connectivity index (χ1n) is 18.4. The van der Waals surface area contributed by atoms with Crippen LogP contribution in [-0.2, 0) is 57.2 Å². The van der Waals surface area contributed by atoms with E-state index in [2.05, 4.69) is 39.1 Å². The average Bonchev–Trinajstić information content (AvgIpc) is 3.61. The van der Waals surface area contributed by atoms with E-state index in [1.54, 1.807) is 32.1 Å². The largest absolute Gasteiger partial charge is 0.479 e. The van der Waals surface area contributed by atoms with Crippen molar-refractivity contribution in [2.24, 2.45) is 0 Å². The molecule has 0 fully saturated rings. The van der Waals surface area contributed by atoms with Crippen LogP contribution in [0.5, 0.6) is 5.75 Å². The van der Waals surface area contributed by atoms with E-state index in [0.29, 0.717) is 45.9 Å². The van der Waals surface area contributed by atoms with Crippen LogP contribution in [0, 0.1) is 13.8 Å². The predicted molar refractivity (Wildman–Crippen MR) is 202 cm³/mol. The number of fused-ring (bicyclic) bond motifs is 1. The third-order valence-electron chi connectivity index (χ3n) is 8.76. The molecular formula is C39H50N4O14. The molecule has 0 bridgehead atoms. The van der Waals surface area contributed by atoms with Crippen molar-refractivity contribution >= 4 is 65.0 Å². The van der Waals surface area contributed by atoms with E-state index in [1.807, 2.05) is 0 Å². The summed E-state index contributed by atoms with van der Waals surface area (Å²) in [5.41, 5.74) is 3.66. The Labute approximate surface area is 329 Å². The number of nitrogens with one attached hydrogen (secondary N) is 3. The minimum absolute atomic E-state index is 0.206. The molecule has 5 unspecified atom stereocenters. The number of esters is 6. The third-order valence-corrected chi connectivity index (χ3v) is 8.76. The molecule has 2 heterocycles. The summed E-state index contributed by atoms with van der Waals surface area (Å²) < 4.78 is 30.1. The van der Waals surface area contributed by atoms with Crippen molar-refractivity contribution in [3.05, 3.63) is 46.3 Å². The molecule has 3 rings (SSSR count). The number of amides is 2. The van der Waals surface area contributed by atoms with Gasteiger partial charge in [0, 0.05) is 42.7 Å². The third kappa shape index (κ3) is 12.2. The second-order valence-corrected chi connectivity index (χ2v) is 13.2. The van der Waals surface area contributed by atoms with Gasteiger partial charge in [-0.1, -0.05) is 13.8 Å². The van der Waals surface area contributed by atoms with Gasteiger partial charge in [0.05, 0.1) is 11.1 Å². The Morgan fingerprint density at radius 2 is 1.28 bits per heavy atom. The van der Waals surface area contributed by atoms with Crippen LogP contribution < -0.4 is 15.4 Å². The molecule has 3 N–H and O–H groups in total. The number of rotatable bonds is 18. The summed E-state index contributed by atoms with van der Waals surface area (Å²) in [5.74, 6) is -6.76. The van der Waals surface area contributed by atoms with E-state index < -0.39 is 66.3 Å². The molecule has 0 saturated carbocycles. The normalized spacial score (nSPS) is 15.3. The number of anilines is 1. The number of carbonyl (C=O) groups excluding carboxylic acids is 8. The number of hydrogen-bond donors (Lipinski definition) is 3. The molecular weight excluding hydrogens is 748 g/mol. The molecule has 1 aliphatic rings. The van der Waals surface area contributed by atoms with Crippen LogP contribution in [0.25, 0.3) is 11.6 Å². The predicted octanol–water partition coefficient (Wildman–Crippen LogP) is 2.78. The van der Waals surface area contributed by atoms with Crippen LogP contribution in [0.3, 0.4) is 0 Å². The zero-order valence-electron chi connectivity index (χ0n) is 33.7. The van der Waals surface area contributed by atoms with Crippen molar-refractivity contribution < 1.29 is 66.8 Å². The fourth-order valence-electron chi connectivity index (χ4n) is 5.49. The topological polar surface area (TPSA) is 235 Å². The maximum absolute atomic E-state index is 13.1. The second kappa shape index (κ2) is 20.2. The minimum atomic E-state index is -1.54. The summed E-state index contributed by atoms with van der Waals surface area (Å²) in [6.45, 7) is 17.7. The number of aryl methyl sites for hydroxylation is 1. The van der Waals surface area contributed by atoms with Gasteiger partial charge in [-0.15, -0.1) is 0 Å². The first kappa shape index (κ1) is 45.4. The van der Waals surface area contributed by atoms with E-state index in [1.165, 1.54) is 19.9 Å². The Hall–Kier alpha value is -6.04. The van der Waals surface area contributed by atoms with Crippen molar-refractivity contribution in [2.45, 2.75) is 99.8 Å². The Morgan fingerprint density at radius 3 is 1.79 bits per heavy atom. The van der Waals surface area contributed by atoms with E-state index in [-0.39, 0.29) is 17.6 Å². The van der Waals surface area contributed by atoms with Crippen LogP contribution in [0.2, 0.25) is 0 Å². The summed E-state index contributed by atoms with van der Waals surface area (Å²) in [5, 5.41) is 5.76. The van der Waals surface area contributed by atoms with Gasteiger partial charge in [-0.2, -0.15) is 0 Å². The SMILES string of the molecule is CCN(CC)CCNC(=O)c1c(C)[nH]c(/C=C2\C(=O)Nc3ccc(OC(C)C(=O)OC(C)C(=O)OC(C)C(=O)OC(C)C(=O)OC(C)C(=O)OC(C)=O)cc32)c1C. The van der Waals surface area contributed by atoms with E-state index in [9.17, 15) is 38.4 Å². The summed E-state index contributed by atoms with van der Waals surface area (Å²) in [4.78, 5) is 104. The standard InChI is InChI=1S/C39H50N4O14/c1-11-43(12-2)16-15-40-34(46)32-19(3)31(41-20(32)4)18-29-28-17-27(13-14-30(28)42-33(29)45)52-21(5)35(47)53-22(6)36(48)54-23(7)37(49)55-24(8)38(50)56-25(9)39(51)57-26(10)44/h13-14,17-18,21-25,41H,11-12,15-16H2,1-10H3,(H,40,46)(H,42,45)/b29-18-. The zero-order chi connectivity index (χ0) is 42.7. The van der Waals surface area contributed by atoms with Gasteiger partial charge in [0.2, 0.25) is 0 Å². The van der Waals surface area contributed by atoms with Crippen LogP contribution in [0.15, 0.2) is 18.2 Å². The highest BCUT2D eigenvalue weighted by molar-refractivity contribution is 6.35. The number of carbonyl (C=O) groups is 8. The van der Waals surface area contributed by atoms with Gasteiger partial charge < -0.3 is 48.9 Å². The lowest BCUT2D eigenvalue weighted by molar-refractivity contribution is -0.186. The van der Waals surface area contributed by atoms with E-state index in [0.717, 1.165) is 47.3 Å². The Kier molecular flexibility index (Phi) is 16.1. The molecule has 0 saturated heterocycles. The summed E-state index contributed by atoms with van der Waals surface area (Å²) in [7, 11) is 0. The number of benzene rings is 1. The van der Waals surface area contributed by atoms with Crippen molar-refractivity contribution in [1.82, 2.24) is 15.2 Å². The molecule has 310 valence electrons. The summed E-state index contributed by atoms with van der Waals surface area (Å²) in [6.07, 6.45) is -5.63. The molecule has 0 spiro atoms. The van der Waals surface area contributed by atoms with Gasteiger partial charge >= 0.3 is 35.8 Å². The van der Waals surface area contributed by atoms with Gasteiger partial charge in [-0.3, -0.25) is 14.4 Å². The molecule has 18 nitrogen and oxygen atoms in total. The molecule has 5 atom stereocenters. The maximum atomic E-state index is 13.1. The number of ether oxygens (including phenoxy) is 6. The molecule has 0 aliphatic carbocycles. The Bertz CT molecular complexity index is 1910. The molecule has 0 radical (unpaired) electrons. The average molecular weight is 799 g/mol. The lowest BCUT2D eigenvalue weighted by Crippen LogP contribution is -2.38. The van der Waals surface area contributed by atoms with E-state index in [4.69, 9.17) is 23.7 Å². The number of aromatic nitrogens is 1. The molecule has 1 aromatic carbocycles. The van der Waals surface area contributed by atoms with Gasteiger partial charge in [-0.05, 0) is 91.4 Å². The fraction of sp³-hybridized carbons (Fsp3) is 0.487. The molecule has 1 aliphatic heterocycles. The van der Waals surface area contributed by atoms with Crippen LogP contribution in [0.1, 0.15) is 88.3 Å². The van der Waals surface area contributed by atoms with Crippen molar-refractivity contribution in [3.8, 4) is 5.75 Å². The highest BCUT2D eigenvalue weighted by Gasteiger charge is 2.32. The quantitative estimate of drug-likeness (QED) is 0.0851. The van der Waals surface area contributed by atoms with Gasteiger partial charge in [0.15, 0.2) is 30.5 Å². The molecule has 18 heteroatoms. The lowest BCUT2D eigenvalue weighted by atomic mass is 10.0. The summed E-state index contributed by atoms with van der Waals surface area (Å²) >= 11 is 0. The minimum Gasteiger partial charge on any atom is -0.479 e. The van der Waals surface area contributed by atoms with Crippen molar-refractivity contribution in [1.29, 1.82) is 0 Å². The molecule has 57 heavy (non-hydrogen) atoms. The Morgan fingerprint density at radius 1 is 0.772 bits per heavy atom. The number of likely N-dealkylation sites (N-methyl/N-ethyl adjacent to an activating group) is 1. The fourth-order valence-corrected chi connectivity index (χ4v) is 5.49. The second-order valence-electron chi connectivity index (χ2n) is 13.2. The van der Waals surface area contributed by atoms with Crippen molar-refractivity contribution in [2.75, 3.05) is 31.5 Å². The van der Waals surface area contributed by atoms with Gasteiger partial charge in [0.25, 0.3) is 11.8 Å². The first-order valence-corrected chi connectivity index (χ1v) is 18.4. The zero-order valence-corrected chi connectivity index (χ0v) is 33.7. The van der Waals surface area contributed by atoms with Crippen LogP contribution in [-0.4, -0.2) is 114 Å². The molecule has 2 amide bonds.